The first-order chi connectivity index (χ1) is 7.04. The lowest BCUT2D eigenvalue weighted by atomic mass is 10.2. The SMILES string of the molecule is COC(=O)Nc1ccc(S(=O)O)cc1C. The van der Waals surface area contributed by atoms with Crippen molar-refractivity contribution in [3.05, 3.63) is 23.8 Å². The third-order valence-electron chi connectivity index (χ3n) is 1.82. The van der Waals surface area contributed by atoms with Crippen LogP contribution in [0.1, 0.15) is 5.56 Å². The van der Waals surface area contributed by atoms with E-state index in [-0.39, 0.29) is 0 Å². The number of anilines is 1. The number of hydrogen-bond acceptors (Lipinski definition) is 3. The van der Waals surface area contributed by atoms with Gasteiger partial charge in [0.25, 0.3) is 0 Å². The summed E-state index contributed by atoms with van der Waals surface area (Å²) in [4.78, 5) is 11.2. The maximum absolute atomic E-state index is 10.9. The van der Waals surface area contributed by atoms with Crippen molar-refractivity contribution < 1.29 is 18.3 Å². The molecule has 15 heavy (non-hydrogen) atoms. The fourth-order valence-electron chi connectivity index (χ4n) is 1.05. The molecule has 0 aromatic heterocycles. The summed E-state index contributed by atoms with van der Waals surface area (Å²) in [6.45, 7) is 1.72. The van der Waals surface area contributed by atoms with Crippen molar-refractivity contribution in [2.45, 2.75) is 11.8 Å². The molecule has 2 N–H and O–H groups in total. The zero-order valence-electron chi connectivity index (χ0n) is 8.31. The van der Waals surface area contributed by atoms with E-state index in [0.717, 1.165) is 0 Å². The Bertz CT molecular complexity index is 405. The highest BCUT2D eigenvalue weighted by Crippen LogP contribution is 2.18. The summed E-state index contributed by atoms with van der Waals surface area (Å²) < 4.78 is 24.0. The van der Waals surface area contributed by atoms with Crippen molar-refractivity contribution in [3.8, 4) is 0 Å². The molecule has 0 fully saturated rings. The number of ether oxygens (including phenoxy) is 1. The van der Waals surface area contributed by atoms with Crippen LogP contribution in [0.3, 0.4) is 0 Å². The highest BCUT2D eigenvalue weighted by atomic mass is 32.2. The number of carbonyl (C=O) groups is 1. The van der Waals surface area contributed by atoms with Crippen LogP contribution >= 0.6 is 0 Å². The monoisotopic (exact) mass is 229 g/mol. The lowest BCUT2D eigenvalue weighted by Gasteiger charge is -2.07. The maximum atomic E-state index is 10.9. The molecule has 1 aromatic carbocycles. The number of amides is 1. The minimum atomic E-state index is -2.01. The molecule has 0 heterocycles. The second-order valence-electron chi connectivity index (χ2n) is 2.84. The van der Waals surface area contributed by atoms with E-state index in [4.69, 9.17) is 4.55 Å². The van der Waals surface area contributed by atoms with Crippen LogP contribution in [0.15, 0.2) is 23.1 Å². The van der Waals surface area contributed by atoms with Gasteiger partial charge in [-0.1, -0.05) is 0 Å². The van der Waals surface area contributed by atoms with Gasteiger partial charge in [0, 0.05) is 5.69 Å². The summed E-state index contributed by atoms with van der Waals surface area (Å²) >= 11 is -2.01. The lowest BCUT2D eigenvalue weighted by molar-refractivity contribution is 0.187. The van der Waals surface area contributed by atoms with Crippen molar-refractivity contribution in [1.82, 2.24) is 0 Å². The molecule has 1 amide bonds. The summed E-state index contributed by atoms with van der Waals surface area (Å²) in [5.41, 5.74) is 1.25. The Morgan fingerprint density at radius 3 is 2.67 bits per heavy atom. The lowest BCUT2D eigenvalue weighted by Crippen LogP contribution is -2.11. The molecule has 0 aliphatic rings. The summed E-state index contributed by atoms with van der Waals surface area (Å²) in [7, 11) is 1.27. The zero-order valence-corrected chi connectivity index (χ0v) is 9.13. The molecule has 1 aromatic rings. The molecule has 0 saturated heterocycles. The average molecular weight is 229 g/mol. The Morgan fingerprint density at radius 1 is 1.53 bits per heavy atom. The predicted molar refractivity (Wildman–Crippen MR) is 56.2 cm³/mol. The number of aryl methyl sites for hydroxylation is 1. The number of nitrogens with one attached hydrogen (secondary N) is 1. The minimum Gasteiger partial charge on any atom is -0.453 e. The summed E-state index contributed by atoms with van der Waals surface area (Å²) in [5, 5.41) is 2.48. The molecule has 5 nitrogen and oxygen atoms in total. The normalized spacial score (nSPS) is 11.9. The summed E-state index contributed by atoms with van der Waals surface area (Å²) in [6, 6.07) is 4.55. The molecule has 82 valence electrons. The molecule has 1 unspecified atom stereocenters. The Morgan fingerprint density at radius 2 is 2.20 bits per heavy atom. The molecule has 0 saturated carbocycles. The van der Waals surface area contributed by atoms with E-state index in [9.17, 15) is 9.00 Å². The van der Waals surface area contributed by atoms with E-state index in [2.05, 4.69) is 10.1 Å². The average Bonchev–Trinajstić information content (AvgIpc) is 2.20. The van der Waals surface area contributed by atoms with Crippen LogP contribution in [0.4, 0.5) is 10.5 Å². The predicted octanol–water partition coefficient (Wildman–Crippen LogP) is 1.75. The minimum absolute atomic E-state index is 0.294. The van der Waals surface area contributed by atoms with E-state index < -0.39 is 17.2 Å². The molecular weight excluding hydrogens is 218 g/mol. The Hall–Kier alpha value is -1.40. The number of methoxy groups -OCH3 is 1. The number of carbonyl (C=O) groups excluding carboxylic acids is 1. The smallest absolute Gasteiger partial charge is 0.411 e. The quantitative estimate of drug-likeness (QED) is 0.757. The van der Waals surface area contributed by atoms with Gasteiger partial charge < -0.3 is 9.29 Å². The fourth-order valence-corrected chi connectivity index (χ4v) is 1.51. The largest absolute Gasteiger partial charge is 0.453 e. The molecule has 0 aliphatic carbocycles. The van der Waals surface area contributed by atoms with Crippen LogP contribution < -0.4 is 5.32 Å². The van der Waals surface area contributed by atoms with Crippen LogP contribution in [0.2, 0.25) is 0 Å². The third kappa shape index (κ3) is 3.03. The van der Waals surface area contributed by atoms with Gasteiger partial charge in [0.2, 0.25) is 0 Å². The summed E-state index contributed by atoms with van der Waals surface area (Å²) in [5.74, 6) is 0. The standard InChI is InChI=1S/C9H11NO4S/c1-6-5-7(15(12)13)3-4-8(6)10-9(11)14-2/h3-5H,1-2H3,(H,10,11)(H,12,13). The van der Waals surface area contributed by atoms with Crippen LogP contribution in [-0.2, 0) is 15.8 Å². The second kappa shape index (κ2) is 4.90. The molecule has 1 atom stereocenters. The van der Waals surface area contributed by atoms with Crippen LogP contribution in [0, 0.1) is 6.92 Å². The van der Waals surface area contributed by atoms with Crippen molar-refractivity contribution in [3.63, 3.8) is 0 Å². The van der Waals surface area contributed by atoms with Gasteiger partial charge in [0.05, 0.1) is 12.0 Å². The van der Waals surface area contributed by atoms with Gasteiger partial charge in [-0.25, -0.2) is 9.00 Å². The number of benzene rings is 1. The first kappa shape index (κ1) is 11.7. The van der Waals surface area contributed by atoms with Crippen molar-refractivity contribution in [2.75, 3.05) is 12.4 Å². The Kier molecular flexibility index (Phi) is 3.81. The van der Waals surface area contributed by atoms with Gasteiger partial charge in [-0.2, -0.15) is 0 Å². The van der Waals surface area contributed by atoms with Crippen molar-refractivity contribution >= 4 is 22.9 Å². The van der Waals surface area contributed by atoms with Gasteiger partial charge in [-0.05, 0) is 30.7 Å². The summed E-state index contributed by atoms with van der Waals surface area (Å²) in [6.07, 6.45) is -0.573. The van der Waals surface area contributed by atoms with E-state index in [1.54, 1.807) is 13.0 Å². The van der Waals surface area contributed by atoms with E-state index >= 15 is 0 Å². The molecule has 0 spiro atoms. The van der Waals surface area contributed by atoms with Gasteiger partial charge in [-0.15, -0.1) is 0 Å². The first-order valence-corrected chi connectivity index (χ1v) is 5.21. The molecule has 6 heteroatoms. The van der Waals surface area contributed by atoms with E-state index in [1.165, 1.54) is 19.2 Å². The fraction of sp³-hybridized carbons (Fsp3) is 0.222. The van der Waals surface area contributed by atoms with Crippen LogP contribution in [-0.4, -0.2) is 22.0 Å². The zero-order chi connectivity index (χ0) is 11.4. The highest BCUT2D eigenvalue weighted by Gasteiger charge is 2.06. The number of rotatable bonds is 2. The Balaban J connectivity index is 2.93. The third-order valence-corrected chi connectivity index (χ3v) is 2.48. The van der Waals surface area contributed by atoms with E-state index in [0.29, 0.717) is 16.1 Å². The van der Waals surface area contributed by atoms with Gasteiger partial charge in [-0.3, -0.25) is 5.32 Å². The highest BCUT2D eigenvalue weighted by molar-refractivity contribution is 7.79. The molecule has 0 radical (unpaired) electrons. The van der Waals surface area contributed by atoms with Crippen molar-refractivity contribution in [1.29, 1.82) is 0 Å². The van der Waals surface area contributed by atoms with Gasteiger partial charge in [0.15, 0.2) is 11.1 Å². The number of hydrogen-bond donors (Lipinski definition) is 2. The van der Waals surface area contributed by atoms with Crippen LogP contribution in [0.25, 0.3) is 0 Å². The Labute approximate surface area is 89.7 Å². The topological polar surface area (TPSA) is 75.6 Å². The van der Waals surface area contributed by atoms with Gasteiger partial charge >= 0.3 is 6.09 Å². The van der Waals surface area contributed by atoms with Crippen molar-refractivity contribution in [2.24, 2.45) is 0 Å². The molecule has 0 aliphatic heterocycles. The maximum Gasteiger partial charge on any atom is 0.411 e. The molecule has 0 bridgehead atoms. The first-order valence-electron chi connectivity index (χ1n) is 4.11. The van der Waals surface area contributed by atoms with E-state index in [1.807, 2.05) is 0 Å². The second-order valence-corrected chi connectivity index (χ2v) is 3.81. The van der Waals surface area contributed by atoms with Gasteiger partial charge in [0.1, 0.15) is 0 Å². The molecule has 1 rings (SSSR count). The molecular formula is C9H11NO4S. The van der Waals surface area contributed by atoms with Crippen LogP contribution in [0.5, 0.6) is 0 Å².